The van der Waals surface area contributed by atoms with Gasteiger partial charge >= 0.3 is 5.97 Å². The van der Waals surface area contributed by atoms with Gasteiger partial charge in [0.15, 0.2) is 0 Å². The van der Waals surface area contributed by atoms with E-state index in [0.717, 1.165) is 6.42 Å². The summed E-state index contributed by atoms with van der Waals surface area (Å²) in [6.07, 6.45) is 0.944. The Morgan fingerprint density at radius 3 is 2.81 bits per heavy atom. The van der Waals surface area contributed by atoms with Crippen LogP contribution >= 0.6 is 11.3 Å². The van der Waals surface area contributed by atoms with Crippen LogP contribution in [0.4, 0.5) is 0 Å². The van der Waals surface area contributed by atoms with E-state index in [1.54, 1.807) is 25.2 Å². The Morgan fingerprint density at radius 1 is 1.62 bits per heavy atom. The number of carboxylic acids is 1. The molecule has 0 saturated carbocycles. The lowest BCUT2D eigenvalue weighted by molar-refractivity contribution is -0.146. The van der Waals surface area contributed by atoms with E-state index in [-0.39, 0.29) is 0 Å². The van der Waals surface area contributed by atoms with E-state index in [4.69, 9.17) is 5.11 Å². The van der Waals surface area contributed by atoms with E-state index in [1.165, 1.54) is 5.56 Å². The molecule has 16 heavy (non-hydrogen) atoms. The molecule has 0 aliphatic rings. The van der Waals surface area contributed by atoms with E-state index in [0.29, 0.717) is 12.6 Å². The predicted molar refractivity (Wildman–Crippen MR) is 66.9 cm³/mol. The molecule has 3 nitrogen and oxygen atoms in total. The molecule has 0 radical (unpaired) electrons. The summed E-state index contributed by atoms with van der Waals surface area (Å²) in [6, 6.07) is 2.40. The van der Waals surface area contributed by atoms with Crippen LogP contribution in [-0.4, -0.2) is 23.7 Å². The number of thiophene rings is 1. The number of carboxylic acid groups (broad SMARTS) is 1. The average molecular weight is 241 g/mol. The Bertz CT molecular complexity index is 333. The first-order chi connectivity index (χ1) is 7.42. The average Bonchev–Trinajstić information content (AvgIpc) is 2.67. The fourth-order valence-electron chi connectivity index (χ4n) is 1.34. The van der Waals surface area contributed by atoms with Gasteiger partial charge in [-0.2, -0.15) is 11.3 Å². The van der Waals surface area contributed by atoms with Gasteiger partial charge in [-0.05, 0) is 49.6 Å². The zero-order chi connectivity index (χ0) is 12.2. The van der Waals surface area contributed by atoms with Crippen LogP contribution in [0, 0.1) is 5.41 Å². The van der Waals surface area contributed by atoms with Crippen molar-refractivity contribution in [3.63, 3.8) is 0 Å². The zero-order valence-electron chi connectivity index (χ0n) is 9.99. The minimum absolute atomic E-state index is 0.299. The van der Waals surface area contributed by atoms with E-state index >= 15 is 0 Å². The highest BCUT2D eigenvalue weighted by atomic mass is 32.1. The lowest BCUT2D eigenvalue weighted by Crippen LogP contribution is -2.40. The van der Waals surface area contributed by atoms with Crippen LogP contribution in [0.25, 0.3) is 0 Å². The normalized spacial score (nSPS) is 13.7. The number of aliphatic carboxylic acids is 1. The Morgan fingerprint density at radius 2 is 2.31 bits per heavy atom. The van der Waals surface area contributed by atoms with Gasteiger partial charge in [0.05, 0.1) is 5.41 Å². The lowest BCUT2D eigenvalue weighted by atomic mass is 9.93. The fraction of sp³-hybridized carbons (Fsp3) is 0.583. The maximum absolute atomic E-state index is 10.9. The van der Waals surface area contributed by atoms with E-state index in [1.807, 2.05) is 0 Å². The molecule has 0 aromatic carbocycles. The first-order valence-corrected chi connectivity index (χ1v) is 6.34. The van der Waals surface area contributed by atoms with Crippen molar-refractivity contribution in [2.75, 3.05) is 6.54 Å². The Labute approximate surface area is 100 Å². The molecule has 1 aromatic heterocycles. The van der Waals surface area contributed by atoms with Gasteiger partial charge in [0.2, 0.25) is 0 Å². The van der Waals surface area contributed by atoms with Crippen molar-refractivity contribution in [3.05, 3.63) is 22.4 Å². The zero-order valence-corrected chi connectivity index (χ0v) is 10.8. The standard InChI is InChI=1S/C12H19NO2S/c1-9(6-10-4-5-16-7-10)13-8-12(2,3)11(14)15/h4-5,7,9,13H,6,8H2,1-3H3,(H,14,15). The van der Waals surface area contributed by atoms with Gasteiger partial charge in [0.1, 0.15) is 0 Å². The molecule has 0 spiro atoms. The molecule has 1 heterocycles. The molecule has 0 fully saturated rings. The highest BCUT2D eigenvalue weighted by Crippen LogP contribution is 2.14. The Balaban J connectivity index is 2.35. The second-order valence-corrected chi connectivity index (χ2v) is 5.59. The van der Waals surface area contributed by atoms with Crippen LogP contribution in [0.15, 0.2) is 16.8 Å². The fourth-order valence-corrected chi connectivity index (χ4v) is 2.02. The summed E-state index contributed by atoms with van der Waals surface area (Å²) >= 11 is 1.69. The summed E-state index contributed by atoms with van der Waals surface area (Å²) in [5, 5.41) is 16.4. The smallest absolute Gasteiger partial charge is 0.310 e. The van der Waals surface area contributed by atoms with Crippen LogP contribution in [0.3, 0.4) is 0 Å². The molecule has 4 heteroatoms. The van der Waals surface area contributed by atoms with Crippen molar-refractivity contribution in [2.45, 2.75) is 33.2 Å². The van der Waals surface area contributed by atoms with Crippen molar-refractivity contribution >= 4 is 17.3 Å². The minimum atomic E-state index is -0.761. The molecule has 0 saturated heterocycles. The summed E-state index contributed by atoms with van der Waals surface area (Å²) in [5.41, 5.74) is 0.598. The minimum Gasteiger partial charge on any atom is -0.481 e. The number of carbonyl (C=O) groups is 1. The third-order valence-corrected chi connectivity index (χ3v) is 3.33. The van der Waals surface area contributed by atoms with E-state index < -0.39 is 11.4 Å². The van der Waals surface area contributed by atoms with Crippen LogP contribution in [-0.2, 0) is 11.2 Å². The first kappa shape index (κ1) is 13.2. The summed E-state index contributed by atoms with van der Waals surface area (Å²) in [4.78, 5) is 10.9. The maximum Gasteiger partial charge on any atom is 0.310 e. The Hall–Kier alpha value is -0.870. The molecule has 1 aromatic rings. The summed E-state index contributed by atoms with van der Waals surface area (Å²) in [6.45, 7) is 6.04. The largest absolute Gasteiger partial charge is 0.481 e. The number of rotatable bonds is 6. The molecular weight excluding hydrogens is 222 g/mol. The maximum atomic E-state index is 10.9. The first-order valence-electron chi connectivity index (χ1n) is 5.39. The molecule has 1 atom stereocenters. The third kappa shape index (κ3) is 3.94. The third-order valence-electron chi connectivity index (χ3n) is 2.59. The highest BCUT2D eigenvalue weighted by Gasteiger charge is 2.27. The second-order valence-electron chi connectivity index (χ2n) is 4.81. The van der Waals surface area contributed by atoms with Gasteiger partial charge in [-0.1, -0.05) is 0 Å². The number of nitrogens with one attached hydrogen (secondary N) is 1. The van der Waals surface area contributed by atoms with E-state index in [2.05, 4.69) is 29.1 Å². The van der Waals surface area contributed by atoms with Gasteiger partial charge in [0, 0.05) is 12.6 Å². The molecule has 0 amide bonds. The van der Waals surface area contributed by atoms with Crippen molar-refractivity contribution < 1.29 is 9.90 Å². The van der Waals surface area contributed by atoms with Crippen LogP contribution in [0.2, 0.25) is 0 Å². The number of hydrogen-bond donors (Lipinski definition) is 2. The summed E-state index contributed by atoms with van der Waals surface area (Å²) in [7, 11) is 0. The molecule has 0 aliphatic carbocycles. The van der Waals surface area contributed by atoms with Crippen molar-refractivity contribution in [3.8, 4) is 0 Å². The lowest BCUT2D eigenvalue weighted by Gasteiger charge is -2.22. The van der Waals surface area contributed by atoms with Gasteiger partial charge in [-0.25, -0.2) is 0 Å². The van der Waals surface area contributed by atoms with E-state index in [9.17, 15) is 4.79 Å². The molecule has 1 unspecified atom stereocenters. The molecule has 1 rings (SSSR count). The molecule has 0 aliphatic heterocycles. The molecule has 90 valence electrons. The summed E-state index contributed by atoms with van der Waals surface area (Å²) < 4.78 is 0. The highest BCUT2D eigenvalue weighted by molar-refractivity contribution is 7.07. The SMILES string of the molecule is CC(Cc1ccsc1)NCC(C)(C)C(=O)O. The van der Waals surface area contributed by atoms with Gasteiger partial charge in [-0.3, -0.25) is 4.79 Å². The van der Waals surface area contributed by atoms with Crippen molar-refractivity contribution in [2.24, 2.45) is 5.41 Å². The van der Waals surface area contributed by atoms with Crippen LogP contribution < -0.4 is 5.32 Å². The summed E-state index contributed by atoms with van der Waals surface area (Å²) in [5.74, 6) is -0.761. The monoisotopic (exact) mass is 241 g/mol. The second kappa shape index (κ2) is 5.46. The molecular formula is C12H19NO2S. The van der Waals surface area contributed by atoms with Crippen molar-refractivity contribution in [1.29, 1.82) is 0 Å². The van der Waals surface area contributed by atoms with Crippen LogP contribution in [0.1, 0.15) is 26.3 Å². The van der Waals surface area contributed by atoms with Crippen molar-refractivity contribution in [1.82, 2.24) is 5.32 Å². The van der Waals surface area contributed by atoms with Gasteiger partial charge in [-0.15, -0.1) is 0 Å². The number of hydrogen-bond acceptors (Lipinski definition) is 3. The Kier molecular flexibility index (Phi) is 4.50. The predicted octanol–water partition coefficient (Wildman–Crippen LogP) is 2.38. The van der Waals surface area contributed by atoms with Crippen LogP contribution in [0.5, 0.6) is 0 Å². The molecule has 2 N–H and O–H groups in total. The van der Waals surface area contributed by atoms with Gasteiger partial charge < -0.3 is 10.4 Å². The molecule has 0 bridgehead atoms. The quantitative estimate of drug-likeness (QED) is 0.804. The topological polar surface area (TPSA) is 49.3 Å². The van der Waals surface area contributed by atoms with Gasteiger partial charge in [0.25, 0.3) is 0 Å².